The molecular formula is C23H24FN3O3S. The Morgan fingerprint density at radius 2 is 1.94 bits per heavy atom. The molecule has 2 aliphatic heterocycles. The van der Waals surface area contributed by atoms with Crippen molar-refractivity contribution >= 4 is 34.9 Å². The fourth-order valence-corrected chi connectivity index (χ4v) is 4.34. The van der Waals surface area contributed by atoms with Crippen LogP contribution in [-0.2, 0) is 11.3 Å². The molecule has 0 aromatic heterocycles. The third-order valence-electron chi connectivity index (χ3n) is 5.84. The summed E-state index contributed by atoms with van der Waals surface area (Å²) in [6.07, 6.45) is 0.877. The number of rotatable bonds is 4. The van der Waals surface area contributed by atoms with E-state index in [2.05, 4.69) is 5.32 Å². The van der Waals surface area contributed by atoms with Crippen LogP contribution >= 0.6 is 12.2 Å². The molecule has 2 aromatic carbocycles. The molecule has 1 spiro atoms. The average Bonchev–Trinajstić information content (AvgIpc) is 3.04. The van der Waals surface area contributed by atoms with Crippen LogP contribution in [-0.4, -0.2) is 52.0 Å². The highest BCUT2D eigenvalue weighted by Gasteiger charge is 2.47. The Morgan fingerprint density at radius 1 is 1.19 bits per heavy atom. The van der Waals surface area contributed by atoms with Crippen LogP contribution in [0.5, 0.6) is 0 Å². The maximum atomic E-state index is 14.0. The van der Waals surface area contributed by atoms with Gasteiger partial charge in [-0.1, -0.05) is 30.3 Å². The van der Waals surface area contributed by atoms with Crippen LogP contribution in [0.1, 0.15) is 35.7 Å². The Balaban J connectivity index is 1.34. The molecule has 4 rings (SSSR count). The van der Waals surface area contributed by atoms with E-state index in [9.17, 15) is 14.0 Å². The van der Waals surface area contributed by atoms with Gasteiger partial charge in [-0.15, -0.1) is 0 Å². The SMILES string of the molecule is CC(=O)c1cccc(NC(=S)N2CCC3(CC2)CN(Cc2ccccc2F)C(=O)O3)c1. The van der Waals surface area contributed by atoms with Gasteiger partial charge in [-0.2, -0.15) is 0 Å². The minimum absolute atomic E-state index is 0.00234. The lowest BCUT2D eigenvalue weighted by Crippen LogP contribution is -2.49. The predicted octanol–water partition coefficient (Wildman–Crippen LogP) is 4.21. The van der Waals surface area contributed by atoms with Crippen molar-refractivity contribution < 1.29 is 18.7 Å². The van der Waals surface area contributed by atoms with Gasteiger partial charge in [0.15, 0.2) is 10.9 Å². The largest absolute Gasteiger partial charge is 0.441 e. The van der Waals surface area contributed by atoms with Crippen LogP contribution in [0, 0.1) is 5.82 Å². The van der Waals surface area contributed by atoms with Gasteiger partial charge in [0.05, 0.1) is 13.1 Å². The number of nitrogens with one attached hydrogen (secondary N) is 1. The summed E-state index contributed by atoms with van der Waals surface area (Å²) in [5.41, 5.74) is 1.30. The van der Waals surface area contributed by atoms with Gasteiger partial charge in [0, 0.05) is 42.7 Å². The van der Waals surface area contributed by atoms with E-state index in [0.717, 1.165) is 5.69 Å². The molecular weight excluding hydrogens is 417 g/mol. The molecule has 0 saturated carbocycles. The molecule has 31 heavy (non-hydrogen) atoms. The van der Waals surface area contributed by atoms with Gasteiger partial charge in [-0.3, -0.25) is 9.69 Å². The lowest BCUT2D eigenvalue weighted by molar-refractivity contribution is 0.0152. The van der Waals surface area contributed by atoms with Crippen LogP contribution < -0.4 is 5.32 Å². The lowest BCUT2D eigenvalue weighted by Gasteiger charge is -2.38. The summed E-state index contributed by atoms with van der Waals surface area (Å²) in [4.78, 5) is 27.6. The van der Waals surface area contributed by atoms with Crippen molar-refractivity contribution in [3.8, 4) is 0 Å². The topological polar surface area (TPSA) is 61.9 Å². The summed E-state index contributed by atoms with van der Waals surface area (Å²) in [6.45, 7) is 3.44. The zero-order chi connectivity index (χ0) is 22.0. The monoisotopic (exact) mass is 441 g/mol. The van der Waals surface area contributed by atoms with Crippen molar-refractivity contribution in [3.63, 3.8) is 0 Å². The summed E-state index contributed by atoms with van der Waals surface area (Å²) in [7, 11) is 0. The smallest absolute Gasteiger partial charge is 0.410 e. The highest BCUT2D eigenvalue weighted by molar-refractivity contribution is 7.80. The highest BCUT2D eigenvalue weighted by Crippen LogP contribution is 2.34. The summed E-state index contributed by atoms with van der Waals surface area (Å²) in [6, 6.07) is 13.7. The molecule has 2 fully saturated rings. The molecule has 0 atom stereocenters. The van der Waals surface area contributed by atoms with Crippen LogP contribution in [0.25, 0.3) is 0 Å². The van der Waals surface area contributed by atoms with Gasteiger partial charge in [-0.05, 0) is 37.3 Å². The zero-order valence-corrected chi connectivity index (χ0v) is 18.1. The number of amides is 1. The number of benzene rings is 2. The Kier molecular flexibility index (Phi) is 5.91. The summed E-state index contributed by atoms with van der Waals surface area (Å²) >= 11 is 5.55. The number of nitrogens with zero attached hydrogens (tertiary/aromatic N) is 2. The number of halogens is 1. The summed E-state index contributed by atoms with van der Waals surface area (Å²) in [5.74, 6) is -0.325. The molecule has 1 amide bonds. The number of likely N-dealkylation sites (tertiary alicyclic amines) is 1. The van der Waals surface area contributed by atoms with Crippen molar-refractivity contribution in [2.24, 2.45) is 0 Å². The maximum absolute atomic E-state index is 14.0. The number of thiocarbonyl (C=S) groups is 1. The van der Waals surface area contributed by atoms with Crippen LogP contribution in [0.4, 0.5) is 14.9 Å². The van der Waals surface area contributed by atoms with Crippen molar-refractivity contribution in [1.82, 2.24) is 9.80 Å². The average molecular weight is 442 g/mol. The normalized spacial score (nSPS) is 17.5. The van der Waals surface area contributed by atoms with Gasteiger partial charge in [0.25, 0.3) is 0 Å². The van der Waals surface area contributed by atoms with E-state index >= 15 is 0 Å². The van der Waals surface area contributed by atoms with Crippen molar-refractivity contribution in [1.29, 1.82) is 0 Å². The Bertz CT molecular complexity index is 1020. The van der Waals surface area contributed by atoms with E-state index in [1.807, 2.05) is 17.0 Å². The Morgan fingerprint density at radius 3 is 2.65 bits per heavy atom. The molecule has 1 N–H and O–H groups in total. The summed E-state index contributed by atoms with van der Waals surface area (Å²) < 4.78 is 19.7. The molecule has 0 bridgehead atoms. The van der Waals surface area contributed by atoms with E-state index in [1.54, 1.807) is 35.2 Å². The number of ketones is 1. The number of anilines is 1. The number of piperidine rings is 1. The fourth-order valence-electron chi connectivity index (χ4n) is 4.04. The molecule has 0 radical (unpaired) electrons. The third-order valence-corrected chi connectivity index (χ3v) is 6.20. The second kappa shape index (κ2) is 8.63. The van der Waals surface area contributed by atoms with Crippen LogP contribution in [0.2, 0.25) is 0 Å². The van der Waals surface area contributed by atoms with Crippen molar-refractivity contribution in [2.45, 2.75) is 31.9 Å². The van der Waals surface area contributed by atoms with Gasteiger partial charge in [-0.25, -0.2) is 9.18 Å². The Hall–Kier alpha value is -3.00. The first-order valence-electron chi connectivity index (χ1n) is 10.2. The second-order valence-electron chi connectivity index (χ2n) is 8.05. The third kappa shape index (κ3) is 4.69. The van der Waals surface area contributed by atoms with Gasteiger partial charge < -0.3 is 15.0 Å². The summed E-state index contributed by atoms with van der Waals surface area (Å²) in [5, 5.41) is 3.76. The molecule has 2 heterocycles. The molecule has 2 aliphatic rings. The molecule has 8 heteroatoms. The Labute approximate surface area is 186 Å². The van der Waals surface area contributed by atoms with Crippen molar-refractivity contribution in [3.05, 3.63) is 65.5 Å². The quantitative estimate of drug-likeness (QED) is 0.567. The first-order valence-corrected chi connectivity index (χ1v) is 10.6. The van der Waals surface area contributed by atoms with E-state index in [1.165, 1.54) is 13.0 Å². The van der Waals surface area contributed by atoms with E-state index in [-0.39, 0.29) is 18.1 Å². The number of carbonyl (C=O) groups excluding carboxylic acids is 2. The lowest BCUT2D eigenvalue weighted by atomic mass is 9.91. The number of hydrogen-bond acceptors (Lipinski definition) is 4. The minimum atomic E-state index is -0.566. The number of ether oxygens (including phenoxy) is 1. The van der Waals surface area contributed by atoms with E-state index in [0.29, 0.717) is 48.7 Å². The first kappa shape index (κ1) is 21.2. The van der Waals surface area contributed by atoms with Crippen LogP contribution in [0.15, 0.2) is 48.5 Å². The standard InChI is InChI=1S/C23H24FN3O3S/c1-16(28)17-6-4-7-19(13-17)25-21(31)26-11-9-23(10-12-26)15-27(22(29)30-23)14-18-5-2-3-8-20(18)24/h2-8,13H,9-12,14-15H2,1H3,(H,25,31). The molecule has 0 aliphatic carbocycles. The minimum Gasteiger partial charge on any atom is -0.441 e. The number of carbonyl (C=O) groups is 2. The molecule has 162 valence electrons. The fraction of sp³-hybridized carbons (Fsp3) is 0.348. The maximum Gasteiger partial charge on any atom is 0.410 e. The predicted molar refractivity (Wildman–Crippen MR) is 119 cm³/mol. The second-order valence-corrected chi connectivity index (χ2v) is 8.44. The van der Waals surface area contributed by atoms with Crippen molar-refractivity contribution in [2.75, 3.05) is 25.0 Å². The first-order chi connectivity index (χ1) is 14.8. The number of Topliss-reactive ketones (excluding diaryl/α,β-unsaturated/α-hetero) is 1. The van der Waals surface area contributed by atoms with Gasteiger partial charge in [0.2, 0.25) is 0 Å². The highest BCUT2D eigenvalue weighted by atomic mass is 32.1. The molecule has 6 nitrogen and oxygen atoms in total. The number of hydrogen-bond donors (Lipinski definition) is 1. The molecule has 2 saturated heterocycles. The van der Waals surface area contributed by atoms with Gasteiger partial charge >= 0.3 is 6.09 Å². The molecule has 2 aromatic rings. The zero-order valence-electron chi connectivity index (χ0n) is 17.3. The van der Waals surface area contributed by atoms with Crippen LogP contribution in [0.3, 0.4) is 0 Å². The van der Waals surface area contributed by atoms with Gasteiger partial charge in [0.1, 0.15) is 11.4 Å². The van der Waals surface area contributed by atoms with E-state index in [4.69, 9.17) is 17.0 Å². The molecule has 0 unspecified atom stereocenters. The van der Waals surface area contributed by atoms with E-state index < -0.39 is 11.7 Å².